The first-order valence-electron chi connectivity index (χ1n) is 6.78. The Morgan fingerprint density at radius 3 is 2.57 bits per heavy atom. The SMILES string of the molecule is CN(CC1CCCO1)S(=O)(=O)c1ccc(CC(=O)O)cc1. The molecule has 1 aliphatic rings. The zero-order valence-electron chi connectivity index (χ0n) is 11.9. The normalized spacial score (nSPS) is 19.0. The maximum absolute atomic E-state index is 12.4. The van der Waals surface area contributed by atoms with Gasteiger partial charge in [0, 0.05) is 20.2 Å². The second-order valence-electron chi connectivity index (χ2n) is 5.14. The van der Waals surface area contributed by atoms with Crippen molar-refractivity contribution in [3.63, 3.8) is 0 Å². The minimum atomic E-state index is -3.57. The Hall–Kier alpha value is -1.44. The molecule has 2 rings (SSSR count). The van der Waals surface area contributed by atoms with Crippen LogP contribution in [-0.4, -0.2) is 50.1 Å². The Balaban J connectivity index is 2.08. The molecule has 116 valence electrons. The number of nitrogens with zero attached hydrogens (tertiary/aromatic N) is 1. The number of carboxylic acid groups (broad SMARTS) is 1. The number of sulfonamides is 1. The topological polar surface area (TPSA) is 83.9 Å². The Bertz CT molecular complexity index is 590. The molecule has 0 spiro atoms. The van der Waals surface area contributed by atoms with Gasteiger partial charge < -0.3 is 9.84 Å². The van der Waals surface area contributed by atoms with Gasteiger partial charge in [-0.15, -0.1) is 0 Å². The molecule has 21 heavy (non-hydrogen) atoms. The number of aliphatic carboxylic acids is 1. The summed E-state index contributed by atoms with van der Waals surface area (Å²) >= 11 is 0. The molecule has 0 aliphatic carbocycles. The van der Waals surface area contributed by atoms with Gasteiger partial charge in [0.05, 0.1) is 17.4 Å². The van der Waals surface area contributed by atoms with E-state index < -0.39 is 16.0 Å². The third-order valence-electron chi connectivity index (χ3n) is 3.47. The Morgan fingerprint density at radius 1 is 1.38 bits per heavy atom. The van der Waals surface area contributed by atoms with Crippen LogP contribution in [0.25, 0.3) is 0 Å². The van der Waals surface area contributed by atoms with E-state index in [1.54, 1.807) is 0 Å². The predicted molar refractivity (Wildman–Crippen MR) is 76.6 cm³/mol. The van der Waals surface area contributed by atoms with Crippen LogP contribution in [-0.2, 0) is 26.0 Å². The molecule has 0 aromatic heterocycles. The van der Waals surface area contributed by atoms with Crippen LogP contribution < -0.4 is 0 Å². The van der Waals surface area contributed by atoms with Crippen LogP contribution in [0.2, 0.25) is 0 Å². The number of benzene rings is 1. The molecule has 6 nitrogen and oxygen atoms in total. The van der Waals surface area contributed by atoms with Crippen molar-refractivity contribution in [2.24, 2.45) is 0 Å². The van der Waals surface area contributed by atoms with Gasteiger partial charge in [0.15, 0.2) is 0 Å². The van der Waals surface area contributed by atoms with Gasteiger partial charge in [0.2, 0.25) is 10.0 Å². The van der Waals surface area contributed by atoms with Crippen LogP contribution in [0.15, 0.2) is 29.2 Å². The maximum atomic E-state index is 12.4. The first-order chi connectivity index (χ1) is 9.89. The van der Waals surface area contributed by atoms with Crippen molar-refractivity contribution in [2.75, 3.05) is 20.2 Å². The Kier molecular flexibility index (Phi) is 4.97. The van der Waals surface area contributed by atoms with Crippen LogP contribution in [0.3, 0.4) is 0 Å². The molecular formula is C14H19NO5S. The summed E-state index contributed by atoms with van der Waals surface area (Å²) in [5.41, 5.74) is 0.572. The summed E-state index contributed by atoms with van der Waals surface area (Å²) in [4.78, 5) is 10.8. The maximum Gasteiger partial charge on any atom is 0.307 e. The summed E-state index contributed by atoms with van der Waals surface area (Å²) in [5.74, 6) is -0.943. The smallest absolute Gasteiger partial charge is 0.307 e. The van der Waals surface area contributed by atoms with E-state index >= 15 is 0 Å². The van der Waals surface area contributed by atoms with E-state index in [0.29, 0.717) is 18.7 Å². The predicted octanol–water partition coefficient (Wildman–Crippen LogP) is 1.11. The van der Waals surface area contributed by atoms with Crippen molar-refractivity contribution in [3.8, 4) is 0 Å². The molecular weight excluding hydrogens is 294 g/mol. The molecule has 1 unspecified atom stereocenters. The van der Waals surface area contributed by atoms with Crippen LogP contribution in [0.5, 0.6) is 0 Å². The van der Waals surface area contributed by atoms with Crippen molar-refractivity contribution < 1.29 is 23.1 Å². The molecule has 0 radical (unpaired) electrons. The average Bonchev–Trinajstić information content (AvgIpc) is 2.91. The largest absolute Gasteiger partial charge is 0.481 e. The van der Waals surface area contributed by atoms with Gasteiger partial charge in [-0.3, -0.25) is 4.79 Å². The number of carboxylic acids is 1. The highest BCUT2D eigenvalue weighted by Gasteiger charge is 2.25. The zero-order chi connectivity index (χ0) is 15.5. The molecule has 1 aromatic carbocycles. The van der Waals surface area contributed by atoms with Crippen LogP contribution in [0, 0.1) is 0 Å². The van der Waals surface area contributed by atoms with Gasteiger partial charge in [0.25, 0.3) is 0 Å². The minimum Gasteiger partial charge on any atom is -0.481 e. The lowest BCUT2D eigenvalue weighted by molar-refractivity contribution is -0.136. The minimum absolute atomic E-state index is 0.0453. The standard InChI is InChI=1S/C14H19NO5S/c1-15(10-12-3-2-8-20-12)21(18,19)13-6-4-11(5-7-13)9-14(16)17/h4-7,12H,2-3,8-10H2,1H3,(H,16,17). The lowest BCUT2D eigenvalue weighted by Crippen LogP contribution is -2.34. The molecule has 0 saturated carbocycles. The summed E-state index contributed by atoms with van der Waals surface area (Å²) in [5, 5.41) is 8.70. The van der Waals surface area contributed by atoms with Crippen LogP contribution in [0.1, 0.15) is 18.4 Å². The fourth-order valence-electron chi connectivity index (χ4n) is 2.31. The average molecular weight is 313 g/mol. The van der Waals surface area contributed by atoms with Gasteiger partial charge in [-0.1, -0.05) is 12.1 Å². The molecule has 1 saturated heterocycles. The second kappa shape index (κ2) is 6.55. The monoisotopic (exact) mass is 313 g/mol. The molecule has 1 aliphatic heterocycles. The van der Waals surface area contributed by atoms with Gasteiger partial charge >= 0.3 is 5.97 Å². The fraction of sp³-hybridized carbons (Fsp3) is 0.500. The second-order valence-corrected chi connectivity index (χ2v) is 7.18. The van der Waals surface area contributed by atoms with E-state index in [1.165, 1.54) is 35.6 Å². The Morgan fingerprint density at radius 2 is 2.05 bits per heavy atom. The van der Waals surface area contributed by atoms with Crippen molar-refractivity contribution in [1.82, 2.24) is 4.31 Å². The van der Waals surface area contributed by atoms with Gasteiger partial charge in [-0.25, -0.2) is 8.42 Å². The van der Waals surface area contributed by atoms with Crippen molar-refractivity contribution >= 4 is 16.0 Å². The van der Waals surface area contributed by atoms with Gasteiger partial charge in [-0.2, -0.15) is 4.31 Å². The molecule has 7 heteroatoms. The fourth-order valence-corrected chi connectivity index (χ4v) is 3.51. The molecule has 1 heterocycles. The summed E-state index contributed by atoms with van der Waals surface area (Å²) in [6, 6.07) is 5.95. The molecule has 1 N–H and O–H groups in total. The summed E-state index contributed by atoms with van der Waals surface area (Å²) < 4.78 is 31.5. The lowest BCUT2D eigenvalue weighted by atomic mass is 10.2. The third kappa shape index (κ3) is 4.03. The first kappa shape index (κ1) is 15.9. The third-order valence-corrected chi connectivity index (χ3v) is 5.31. The van der Waals surface area contributed by atoms with Crippen LogP contribution in [0.4, 0.5) is 0 Å². The Labute approximate surface area is 124 Å². The molecule has 0 amide bonds. The number of ether oxygens (including phenoxy) is 1. The highest BCUT2D eigenvalue weighted by molar-refractivity contribution is 7.89. The van der Waals surface area contributed by atoms with E-state index in [0.717, 1.165) is 12.8 Å². The number of likely N-dealkylation sites (N-methyl/N-ethyl adjacent to an activating group) is 1. The van der Waals surface area contributed by atoms with E-state index in [-0.39, 0.29) is 17.4 Å². The summed E-state index contributed by atoms with van der Waals surface area (Å²) in [7, 11) is -2.04. The summed E-state index contributed by atoms with van der Waals surface area (Å²) in [6.45, 7) is 1.02. The highest BCUT2D eigenvalue weighted by Crippen LogP contribution is 2.19. The van der Waals surface area contributed by atoms with Crippen LogP contribution >= 0.6 is 0 Å². The lowest BCUT2D eigenvalue weighted by Gasteiger charge is -2.20. The zero-order valence-corrected chi connectivity index (χ0v) is 12.7. The van der Waals surface area contributed by atoms with E-state index in [4.69, 9.17) is 9.84 Å². The number of hydrogen-bond acceptors (Lipinski definition) is 4. The van der Waals surface area contributed by atoms with Crippen molar-refractivity contribution in [1.29, 1.82) is 0 Å². The number of carbonyl (C=O) groups is 1. The number of rotatable bonds is 6. The highest BCUT2D eigenvalue weighted by atomic mass is 32.2. The van der Waals surface area contributed by atoms with E-state index in [1.807, 2.05) is 0 Å². The van der Waals surface area contributed by atoms with Crippen molar-refractivity contribution in [3.05, 3.63) is 29.8 Å². The first-order valence-corrected chi connectivity index (χ1v) is 8.22. The van der Waals surface area contributed by atoms with E-state index in [2.05, 4.69) is 0 Å². The molecule has 1 atom stereocenters. The quantitative estimate of drug-likeness (QED) is 0.850. The molecule has 0 bridgehead atoms. The van der Waals surface area contributed by atoms with Gasteiger partial charge in [0.1, 0.15) is 0 Å². The number of hydrogen-bond donors (Lipinski definition) is 1. The molecule has 1 aromatic rings. The van der Waals surface area contributed by atoms with Gasteiger partial charge in [-0.05, 0) is 30.5 Å². The summed E-state index contributed by atoms with van der Waals surface area (Å²) in [6.07, 6.45) is 1.67. The van der Waals surface area contributed by atoms with E-state index in [9.17, 15) is 13.2 Å². The molecule has 1 fully saturated rings. The van der Waals surface area contributed by atoms with Crippen molar-refractivity contribution in [2.45, 2.75) is 30.3 Å².